The molecule has 1 saturated carbocycles. The van der Waals surface area contributed by atoms with Crippen LogP contribution in [0.3, 0.4) is 0 Å². The molecule has 2 nitrogen and oxygen atoms in total. The van der Waals surface area contributed by atoms with E-state index >= 15 is 0 Å². The zero-order valence-corrected chi connectivity index (χ0v) is 11.7. The summed E-state index contributed by atoms with van der Waals surface area (Å²) in [6, 6.07) is 8.64. The zero-order chi connectivity index (χ0) is 13.4. The molecule has 1 aliphatic rings. The van der Waals surface area contributed by atoms with Gasteiger partial charge in [0.15, 0.2) is 0 Å². The van der Waals surface area contributed by atoms with E-state index in [2.05, 4.69) is 54.2 Å². The van der Waals surface area contributed by atoms with Gasteiger partial charge < -0.3 is 4.57 Å². The number of nitrogens with zero attached hydrogens (tertiary/aromatic N) is 2. The summed E-state index contributed by atoms with van der Waals surface area (Å²) in [5.41, 5.74) is 6.19. The summed E-state index contributed by atoms with van der Waals surface area (Å²) in [7, 11) is 0. The van der Waals surface area contributed by atoms with Gasteiger partial charge in [-0.1, -0.05) is 36.4 Å². The molecule has 0 N–H and O–H groups in total. The van der Waals surface area contributed by atoms with E-state index in [4.69, 9.17) is 0 Å². The normalized spacial score (nSPS) is 14.6. The van der Waals surface area contributed by atoms with E-state index in [-0.39, 0.29) is 0 Å². The molecule has 2 heteroatoms. The van der Waals surface area contributed by atoms with Crippen molar-refractivity contribution in [2.24, 2.45) is 5.92 Å². The van der Waals surface area contributed by atoms with Gasteiger partial charge >= 0.3 is 0 Å². The summed E-state index contributed by atoms with van der Waals surface area (Å²) in [5.74, 6) is 0.681. The van der Waals surface area contributed by atoms with Crippen molar-refractivity contribution in [3.8, 4) is 0 Å². The van der Waals surface area contributed by atoms with Gasteiger partial charge in [0.25, 0.3) is 0 Å². The van der Waals surface area contributed by atoms with Crippen LogP contribution in [0.25, 0.3) is 5.57 Å². The Labute approximate surface area is 114 Å². The molecule has 0 radical (unpaired) electrons. The lowest BCUT2D eigenvalue weighted by molar-refractivity contribution is 0.769. The number of hydrogen-bond donors (Lipinski definition) is 0. The first-order valence-corrected chi connectivity index (χ1v) is 6.91. The van der Waals surface area contributed by atoms with E-state index in [0.717, 1.165) is 12.2 Å². The summed E-state index contributed by atoms with van der Waals surface area (Å²) >= 11 is 0. The molecule has 1 aromatic carbocycles. The molecule has 1 heterocycles. The molecule has 2 aromatic rings. The summed E-state index contributed by atoms with van der Waals surface area (Å²) in [4.78, 5) is 4.56. The Balaban J connectivity index is 1.84. The third kappa shape index (κ3) is 2.48. The zero-order valence-electron chi connectivity index (χ0n) is 11.7. The van der Waals surface area contributed by atoms with Crippen molar-refractivity contribution >= 4 is 5.57 Å². The lowest BCUT2D eigenvalue weighted by Crippen LogP contribution is -2.01. The molecule has 0 saturated heterocycles. The molecule has 0 spiro atoms. The van der Waals surface area contributed by atoms with Crippen molar-refractivity contribution in [2.45, 2.75) is 33.2 Å². The molecule has 0 aliphatic heterocycles. The SMILES string of the molecule is C=C(c1ncn(Cc2cccc(C)c2)c1C)C1CC1. The van der Waals surface area contributed by atoms with E-state index in [1.807, 2.05) is 6.33 Å². The minimum Gasteiger partial charge on any atom is -0.330 e. The highest BCUT2D eigenvalue weighted by Crippen LogP contribution is 2.41. The lowest BCUT2D eigenvalue weighted by Gasteiger charge is -2.08. The van der Waals surface area contributed by atoms with Crippen LogP contribution in [-0.4, -0.2) is 9.55 Å². The average Bonchev–Trinajstić information content (AvgIpc) is 3.16. The Morgan fingerprint density at radius 3 is 2.84 bits per heavy atom. The smallest absolute Gasteiger partial charge is 0.0958 e. The van der Waals surface area contributed by atoms with Gasteiger partial charge in [-0.2, -0.15) is 0 Å². The maximum Gasteiger partial charge on any atom is 0.0958 e. The van der Waals surface area contributed by atoms with Crippen LogP contribution in [0.1, 0.15) is 35.4 Å². The summed E-state index contributed by atoms with van der Waals surface area (Å²) in [5, 5.41) is 0. The fourth-order valence-corrected chi connectivity index (χ4v) is 2.55. The highest BCUT2D eigenvalue weighted by atomic mass is 15.1. The number of allylic oxidation sites excluding steroid dienone is 1. The fraction of sp³-hybridized carbons (Fsp3) is 0.353. The molecule has 1 fully saturated rings. The Morgan fingerprint density at radius 2 is 2.16 bits per heavy atom. The topological polar surface area (TPSA) is 17.8 Å². The van der Waals surface area contributed by atoms with E-state index < -0.39 is 0 Å². The van der Waals surface area contributed by atoms with Crippen LogP contribution in [0.2, 0.25) is 0 Å². The van der Waals surface area contributed by atoms with Crippen molar-refractivity contribution < 1.29 is 0 Å². The van der Waals surface area contributed by atoms with Gasteiger partial charge in [-0.3, -0.25) is 0 Å². The molecule has 1 aliphatic carbocycles. The standard InChI is InChI=1S/C17H20N2/c1-12-5-4-6-15(9-12)10-19-11-18-17(14(19)3)13(2)16-7-8-16/h4-6,9,11,16H,2,7-8,10H2,1,3H3. The second-order valence-corrected chi connectivity index (χ2v) is 5.60. The molecule has 98 valence electrons. The fourth-order valence-electron chi connectivity index (χ4n) is 2.55. The van der Waals surface area contributed by atoms with Gasteiger partial charge in [-0.05, 0) is 43.7 Å². The van der Waals surface area contributed by atoms with Gasteiger partial charge in [0.1, 0.15) is 0 Å². The van der Waals surface area contributed by atoms with Crippen molar-refractivity contribution in [1.82, 2.24) is 9.55 Å². The second-order valence-electron chi connectivity index (χ2n) is 5.60. The van der Waals surface area contributed by atoms with Gasteiger partial charge in [-0.25, -0.2) is 4.98 Å². The van der Waals surface area contributed by atoms with Crippen LogP contribution in [0, 0.1) is 19.8 Å². The first-order valence-electron chi connectivity index (χ1n) is 6.91. The molecular formula is C17H20N2. The lowest BCUT2D eigenvalue weighted by atomic mass is 10.1. The van der Waals surface area contributed by atoms with E-state index in [1.54, 1.807) is 0 Å². The van der Waals surface area contributed by atoms with Crippen molar-refractivity contribution in [1.29, 1.82) is 0 Å². The Morgan fingerprint density at radius 1 is 1.37 bits per heavy atom. The molecule has 3 rings (SSSR count). The Kier molecular flexibility index (Phi) is 3.02. The van der Waals surface area contributed by atoms with Crippen LogP contribution in [0.5, 0.6) is 0 Å². The van der Waals surface area contributed by atoms with E-state index in [1.165, 1.54) is 35.2 Å². The third-order valence-electron chi connectivity index (χ3n) is 3.91. The number of benzene rings is 1. The number of rotatable bonds is 4. The van der Waals surface area contributed by atoms with Gasteiger partial charge in [0, 0.05) is 12.2 Å². The first-order chi connectivity index (χ1) is 9.15. The Hall–Kier alpha value is -1.83. The van der Waals surface area contributed by atoms with E-state index in [9.17, 15) is 0 Å². The molecule has 0 atom stereocenters. The van der Waals surface area contributed by atoms with Crippen LogP contribution in [0.4, 0.5) is 0 Å². The van der Waals surface area contributed by atoms with Crippen molar-refractivity contribution in [3.05, 3.63) is 59.7 Å². The highest BCUT2D eigenvalue weighted by molar-refractivity contribution is 5.65. The minimum absolute atomic E-state index is 0.681. The second kappa shape index (κ2) is 4.69. The summed E-state index contributed by atoms with van der Waals surface area (Å²) in [6.07, 6.45) is 4.51. The van der Waals surface area contributed by atoms with Crippen LogP contribution in [-0.2, 0) is 6.54 Å². The van der Waals surface area contributed by atoms with Gasteiger partial charge in [0.05, 0.1) is 12.0 Å². The minimum atomic E-state index is 0.681. The molecule has 1 aromatic heterocycles. The third-order valence-corrected chi connectivity index (χ3v) is 3.91. The van der Waals surface area contributed by atoms with Crippen LogP contribution in [0.15, 0.2) is 37.2 Å². The number of imidazole rings is 1. The summed E-state index contributed by atoms with van der Waals surface area (Å²) in [6.45, 7) is 9.37. The Bertz CT molecular complexity index is 618. The predicted octanol–water partition coefficient (Wildman–Crippen LogP) is 3.97. The van der Waals surface area contributed by atoms with Crippen molar-refractivity contribution in [3.63, 3.8) is 0 Å². The molecule has 0 unspecified atom stereocenters. The monoisotopic (exact) mass is 252 g/mol. The first kappa shape index (κ1) is 12.2. The average molecular weight is 252 g/mol. The predicted molar refractivity (Wildman–Crippen MR) is 79.0 cm³/mol. The van der Waals surface area contributed by atoms with E-state index in [0.29, 0.717) is 5.92 Å². The molecule has 0 amide bonds. The molecule has 19 heavy (non-hydrogen) atoms. The summed E-state index contributed by atoms with van der Waals surface area (Å²) < 4.78 is 2.22. The maximum absolute atomic E-state index is 4.56. The van der Waals surface area contributed by atoms with Gasteiger partial charge in [0.2, 0.25) is 0 Å². The number of aryl methyl sites for hydroxylation is 1. The number of hydrogen-bond acceptors (Lipinski definition) is 1. The largest absolute Gasteiger partial charge is 0.330 e. The van der Waals surface area contributed by atoms with Gasteiger partial charge in [-0.15, -0.1) is 0 Å². The molecular weight excluding hydrogens is 232 g/mol. The van der Waals surface area contributed by atoms with Crippen LogP contribution >= 0.6 is 0 Å². The highest BCUT2D eigenvalue weighted by Gasteiger charge is 2.27. The van der Waals surface area contributed by atoms with Crippen molar-refractivity contribution in [2.75, 3.05) is 0 Å². The molecule has 0 bridgehead atoms. The quantitative estimate of drug-likeness (QED) is 0.805. The van der Waals surface area contributed by atoms with Crippen LogP contribution < -0.4 is 0 Å². The number of aromatic nitrogens is 2. The maximum atomic E-state index is 4.56.